The molecule has 0 bridgehead atoms. The molecule has 4 rings (SSSR count). The molecular formula is C33H35N5O4. The van der Waals surface area contributed by atoms with Crippen LogP contribution in [0, 0.1) is 18.3 Å². The lowest BCUT2D eigenvalue weighted by Crippen LogP contribution is -2.29. The molecule has 0 spiro atoms. The molecule has 2 aromatic heterocycles. The van der Waals surface area contributed by atoms with E-state index in [-0.39, 0.29) is 23.9 Å². The van der Waals surface area contributed by atoms with Crippen LogP contribution in [0.25, 0.3) is 17.1 Å². The van der Waals surface area contributed by atoms with E-state index >= 15 is 0 Å². The number of aryl methyl sites for hydroxylation is 2. The predicted molar refractivity (Wildman–Crippen MR) is 160 cm³/mol. The maximum absolute atomic E-state index is 13.9. The maximum Gasteiger partial charge on any atom is 0.305 e. The number of carbonyl (C=O) groups excluding carboxylic acids is 1. The number of esters is 1. The monoisotopic (exact) mass is 565 g/mol. The topological polar surface area (TPSA) is 120 Å². The predicted octanol–water partition coefficient (Wildman–Crippen LogP) is 5.53. The molecule has 9 heteroatoms. The number of aromatic nitrogens is 4. The second-order valence-electron chi connectivity index (χ2n) is 9.84. The summed E-state index contributed by atoms with van der Waals surface area (Å²) in [6, 6.07) is 17.7. The molecule has 2 heterocycles. The van der Waals surface area contributed by atoms with E-state index in [1.165, 1.54) is 17.0 Å². The van der Waals surface area contributed by atoms with E-state index in [0.717, 1.165) is 35.2 Å². The summed E-state index contributed by atoms with van der Waals surface area (Å²) >= 11 is 0. The summed E-state index contributed by atoms with van der Waals surface area (Å²) in [6.45, 7) is 6.34. The molecule has 2 aromatic carbocycles. The van der Waals surface area contributed by atoms with Crippen molar-refractivity contribution >= 4 is 5.97 Å². The van der Waals surface area contributed by atoms with Gasteiger partial charge in [0.2, 0.25) is 5.95 Å². The van der Waals surface area contributed by atoms with Crippen molar-refractivity contribution in [1.82, 2.24) is 19.5 Å². The van der Waals surface area contributed by atoms with E-state index in [9.17, 15) is 14.9 Å². The number of rotatable bonds is 13. The molecule has 9 nitrogen and oxygen atoms in total. The van der Waals surface area contributed by atoms with Gasteiger partial charge in [-0.25, -0.2) is 19.5 Å². The molecule has 42 heavy (non-hydrogen) atoms. The van der Waals surface area contributed by atoms with Crippen LogP contribution in [-0.4, -0.2) is 38.7 Å². The molecule has 0 aliphatic rings. The van der Waals surface area contributed by atoms with Crippen LogP contribution in [-0.2, 0) is 22.4 Å². The molecule has 0 radical (unpaired) electrons. The molecule has 0 aliphatic carbocycles. The number of hydrogen-bond donors (Lipinski definition) is 0. The Kier molecular flexibility index (Phi) is 10.5. The van der Waals surface area contributed by atoms with Gasteiger partial charge in [-0.1, -0.05) is 55.8 Å². The first-order valence-corrected chi connectivity index (χ1v) is 14.3. The first-order chi connectivity index (χ1) is 20.4. The van der Waals surface area contributed by atoms with E-state index in [4.69, 9.17) is 14.5 Å². The third kappa shape index (κ3) is 7.46. The number of unbranched alkanes of at least 4 members (excludes halogenated alkanes) is 1. The SMILES string of the molecule is CCCCc1nc(C)n(-c2ncc(OCCCC(=O)OCC)cn2)c(=O)c1Cc1ccc(-c2ccccc2C#N)cc1. The molecular weight excluding hydrogens is 530 g/mol. The zero-order chi connectivity index (χ0) is 29.9. The molecule has 0 unspecified atom stereocenters. The summed E-state index contributed by atoms with van der Waals surface area (Å²) in [5, 5.41) is 9.48. The number of nitrogens with zero attached hydrogens (tertiary/aromatic N) is 5. The van der Waals surface area contributed by atoms with Gasteiger partial charge >= 0.3 is 5.97 Å². The van der Waals surface area contributed by atoms with E-state index in [1.807, 2.05) is 42.5 Å². The number of hydrogen-bond acceptors (Lipinski definition) is 8. The molecule has 0 amide bonds. The van der Waals surface area contributed by atoms with Crippen molar-refractivity contribution in [2.75, 3.05) is 13.2 Å². The van der Waals surface area contributed by atoms with Gasteiger partial charge in [0.1, 0.15) is 5.82 Å². The van der Waals surface area contributed by atoms with E-state index in [2.05, 4.69) is 23.0 Å². The molecule has 216 valence electrons. The van der Waals surface area contributed by atoms with Crippen molar-refractivity contribution < 1.29 is 14.3 Å². The van der Waals surface area contributed by atoms with Crippen LogP contribution in [0.1, 0.15) is 67.7 Å². The summed E-state index contributed by atoms with van der Waals surface area (Å²) in [4.78, 5) is 39.0. The Hall–Kier alpha value is -4.84. The van der Waals surface area contributed by atoms with Crippen LogP contribution >= 0.6 is 0 Å². The van der Waals surface area contributed by atoms with Crippen LogP contribution in [0.5, 0.6) is 5.75 Å². The summed E-state index contributed by atoms with van der Waals surface area (Å²) in [5.41, 5.74) is 4.60. The second-order valence-corrected chi connectivity index (χ2v) is 9.84. The first kappa shape index (κ1) is 30.1. The summed E-state index contributed by atoms with van der Waals surface area (Å²) < 4.78 is 12.0. The average Bonchev–Trinajstić information content (AvgIpc) is 3.01. The lowest BCUT2D eigenvalue weighted by Gasteiger charge is -2.15. The van der Waals surface area contributed by atoms with Crippen molar-refractivity contribution in [3.8, 4) is 28.9 Å². The molecule has 4 aromatic rings. The standard InChI is InChI=1S/C33H35N5O4/c1-4-6-12-30-29(19-24-14-16-25(17-15-24)28-11-8-7-10-26(28)20-34)32(40)38(23(3)37-30)33-35-21-27(22-36-33)42-18-9-13-31(39)41-5-2/h7-8,10-11,14-17,21-22H,4-6,9,12-13,18-19H2,1-3H3. The highest BCUT2D eigenvalue weighted by Crippen LogP contribution is 2.24. The highest BCUT2D eigenvalue weighted by molar-refractivity contribution is 5.70. The van der Waals surface area contributed by atoms with Crippen LogP contribution in [0.3, 0.4) is 0 Å². The fourth-order valence-electron chi connectivity index (χ4n) is 4.66. The number of ether oxygens (including phenoxy) is 2. The third-order valence-electron chi connectivity index (χ3n) is 6.80. The van der Waals surface area contributed by atoms with E-state index in [1.54, 1.807) is 19.9 Å². The zero-order valence-electron chi connectivity index (χ0n) is 24.3. The molecule has 0 saturated carbocycles. The molecule has 0 aliphatic heterocycles. The Morgan fingerprint density at radius 3 is 2.45 bits per heavy atom. The molecule has 0 atom stereocenters. The zero-order valence-corrected chi connectivity index (χ0v) is 24.3. The number of nitriles is 1. The van der Waals surface area contributed by atoms with Crippen molar-refractivity contribution in [3.05, 3.63) is 99.5 Å². The highest BCUT2D eigenvalue weighted by Gasteiger charge is 2.18. The van der Waals surface area contributed by atoms with Gasteiger partial charge in [-0.05, 0) is 55.9 Å². The van der Waals surface area contributed by atoms with Gasteiger partial charge in [0.25, 0.3) is 5.56 Å². The van der Waals surface area contributed by atoms with Crippen molar-refractivity contribution in [3.63, 3.8) is 0 Å². The third-order valence-corrected chi connectivity index (χ3v) is 6.80. The summed E-state index contributed by atoms with van der Waals surface area (Å²) in [6.07, 6.45) is 6.84. The lowest BCUT2D eigenvalue weighted by molar-refractivity contribution is -0.143. The van der Waals surface area contributed by atoms with Crippen molar-refractivity contribution in [2.45, 2.75) is 59.3 Å². The number of benzene rings is 2. The second kappa shape index (κ2) is 14.7. The average molecular weight is 566 g/mol. The van der Waals surface area contributed by atoms with Crippen LogP contribution in [0.4, 0.5) is 0 Å². The smallest absolute Gasteiger partial charge is 0.305 e. The lowest BCUT2D eigenvalue weighted by atomic mass is 9.97. The minimum absolute atomic E-state index is 0.199. The van der Waals surface area contributed by atoms with Gasteiger partial charge in [-0.15, -0.1) is 0 Å². The van der Waals surface area contributed by atoms with Gasteiger partial charge in [0, 0.05) is 18.4 Å². The van der Waals surface area contributed by atoms with Gasteiger partial charge in [0.15, 0.2) is 5.75 Å². The summed E-state index contributed by atoms with van der Waals surface area (Å²) in [5.74, 6) is 0.921. The fraction of sp³-hybridized carbons (Fsp3) is 0.333. The first-order valence-electron chi connectivity index (χ1n) is 14.3. The van der Waals surface area contributed by atoms with E-state index < -0.39 is 0 Å². The Morgan fingerprint density at radius 2 is 1.76 bits per heavy atom. The minimum atomic E-state index is -0.256. The van der Waals surface area contributed by atoms with Gasteiger partial charge in [-0.2, -0.15) is 5.26 Å². The fourth-order valence-corrected chi connectivity index (χ4v) is 4.66. The number of carbonyl (C=O) groups is 1. The Labute approximate surface area is 245 Å². The molecule has 0 saturated heterocycles. The minimum Gasteiger partial charge on any atom is -0.490 e. The van der Waals surface area contributed by atoms with Crippen molar-refractivity contribution in [1.29, 1.82) is 5.26 Å². The maximum atomic E-state index is 13.9. The Morgan fingerprint density at radius 1 is 1.02 bits per heavy atom. The molecule has 0 N–H and O–H groups in total. The van der Waals surface area contributed by atoms with Gasteiger partial charge in [0.05, 0.1) is 42.9 Å². The normalized spacial score (nSPS) is 10.7. The Bertz CT molecular complexity index is 1610. The van der Waals surface area contributed by atoms with Crippen LogP contribution in [0.2, 0.25) is 0 Å². The largest absolute Gasteiger partial charge is 0.490 e. The highest BCUT2D eigenvalue weighted by atomic mass is 16.5. The molecule has 0 fully saturated rings. The van der Waals surface area contributed by atoms with E-state index in [0.29, 0.717) is 55.2 Å². The van der Waals surface area contributed by atoms with Crippen LogP contribution < -0.4 is 10.3 Å². The van der Waals surface area contributed by atoms with Gasteiger partial charge in [-0.3, -0.25) is 9.59 Å². The quantitative estimate of drug-likeness (QED) is 0.153. The summed E-state index contributed by atoms with van der Waals surface area (Å²) in [7, 11) is 0. The van der Waals surface area contributed by atoms with Gasteiger partial charge < -0.3 is 9.47 Å². The van der Waals surface area contributed by atoms with Crippen LogP contribution in [0.15, 0.2) is 65.7 Å². The van der Waals surface area contributed by atoms with Crippen molar-refractivity contribution in [2.24, 2.45) is 0 Å². The Balaban J connectivity index is 1.57.